The van der Waals surface area contributed by atoms with Crippen molar-refractivity contribution in [2.24, 2.45) is 0 Å². The van der Waals surface area contributed by atoms with Gasteiger partial charge < -0.3 is 10.3 Å². The molecule has 0 saturated heterocycles. The number of anilines is 1. The second-order valence-electron chi connectivity index (χ2n) is 7.52. The van der Waals surface area contributed by atoms with Crippen molar-refractivity contribution in [2.75, 3.05) is 5.73 Å². The van der Waals surface area contributed by atoms with E-state index in [9.17, 15) is 0 Å². The SMILES string of the molecule is CC(C)c1cccc2c1-n1c3ccc(N)cc3c3cccc(c31)C2C. The molecule has 1 unspecified atom stereocenters. The molecule has 4 aromatic rings. The van der Waals surface area contributed by atoms with Crippen LogP contribution in [0.1, 0.15) is 49.3 Å². The minimum Gasteiger partial charge on any atom is -0.399 e. The summed E-state index contributed by atoms with van der Waals surface area (Å²) in [6, 6.07) is 19.8. The molecule has 1 aromatic heterocycles. The molecule has 0 fully saturated rings. The molecule has 5 rings (SSSR count). The third-order valence-corrected chi connectivity index (χ3v) is 5.72. The Morgan fingerprint density at radius 3 is 2.48 bits per heavy atom. The zero-order valence-corrected chi connectivity index (χ0v) is 14.9. The molecule has 0 bridgehead atoms. The van der Waals surface area contributed by atoms with E-state index in [4.69, 9.17) is 5.73 Å². The Balaban J connectivity index is 2.07. The summed E-state index contributed by atoms with van der Waals surface area (Å²) < 4.78 is 2.48. The van der Waals surface area contributed by atoms with Gasteiger partial charge in [0, 0.05) is 22.4 Å². The lowest BCUT2D eigenvalue weighted by Gasteiger charge is -2.29. The molecular formula is C23H22N2. The van der Waals surface area contributed by atoms with Crippen LogP contribution in [0.4, 0.5) is 5.69 Å². The Morgan fingerprint density at radius 2 is 1.68 bits per heavy atom. The average molecular weight is 326 g/mol. The molecule has 0 aliphatic carbocycles. The average Bonchev–Trinajstić information content (AvgIpc) is 2.93. The second-order valence-corrected chi connectivity index (χ2v) is 7.52. The minimum absolute atomic E-state index is 0.395. The number of nitrogens with zero attached hydrogens (tertiary/aromatic N) is 1. The molecule has 1 aliphatic heterocycles. The first-order valence-electron chi connectivity index (χ1n) is 9.03. The number of fused-ring (bicyclic) bond motifs is 5. The van der Waals surface area contributed by atoms with E-state index in [1.54, 1.807) is 0 Å². The van der Waals surface area contributed by atoms with Crippen molar-refractivity contribution in [3.63, 3.8) is 0 Å². The molecule has 3 aromatic carbocycles. The lowest BCUT2D eigenvalue weighted by atomic mass is 9.84. The van der Waals surface area contributed by atoms with E-state index in [1.807, 2.05) is 6.07 Å². The van der Waals surface area contributed by atoms with Crippen molar-refractivity contribution >= 4 is 27.5 Å². The number of benzene rings is 3. The van der Waals surface area contributed by atoms with Crippen molar-refractivity contribution in [1.29, 1.82) is 0 Å². The number of aromatic nitrogens is 1. The molecule has 2 heteroatoms. The van der Waals surface area contributed by atoms with E-state index in [0.717, 1.165) is 5.69 Å². The summed E-state index contributed by atoms with van der Waals surface area (Å²) in [6.07, 6.45) is 0. The van der Waals surface area contributed by atoms with Gasteiger partial charge in [-0.3, -0.25) is 0 Å². The number of para-hydroxylation sites is 2. The Labute approximate surface area is 147 Å². The largest absolute Gasteiger partial charge is 0.399 e. The summed E-state index contributed by atoms with van der Waals surface area (Å²) >= 11 is 0. The molecule has 1 atom stereocenters. The first-order chi connectivity index (χ1) is 12.1. The van der Waals surface area contributed by atoms with Crippen LogP contribution < -0.4 is 5.73 Å². The number of hydrogen-bond acceptors (Lipinski definition) is 1. The maximum absolute atomic E-state index is 6.11. The summed E-state index contributed by atoms with van der Waals surface area (Å²) in [6.45, 7) is 6.89. The number of nitrogens with two attached hydrogens (primary N) is 1. The number of nitrogen functional groups attached to an aromatic ring is 1. The molecule has 0 spiro atoms. The van der Waals surface area contributed by atoms with E-state index < -0.39 is 0 Å². The van der Waals surface area contributed by atoms with E-state index in [1.165, 1.54) is 44.2 Å². The number of rotatable bonds is 1. The fraction of sp³-hybridized carbons (Fsp3) is 0.217. The zero-order valence-electron chi connectivity index (χ0n) is 14.9. The second kappa shape index (κ2) is 4.89. The van der Waals surface area contributed by atoms with Crippen molar-refractivity contribution < 1.29 is 0 Å². The highest BCUT2D eigenvalue weighted by molar-refractivity contribution is 6.12. The van der Waals surface area contributed by atoms with Gasteiger partial charge in [0.1, 0.15) is 0 Å². The minimum atomic E-state index is 0.395. The van der Waals surface area contributed by atoms with Gasteiger partial charge >= 0.3 is 0 Å². The van der Waals surface area contributed by atoms with Crippen molar-refractivity contribution in [3.8, 4) is 5.69 Å². The van der Waals surface area contributed by atoms with Crippen LogP contribution in [0.2, 0.25) is 0 Å². The molecule has 2 N–H and O–H groups in total. The van der Waals surface area contributed by atoms with Crippen LogP contribution >= 0.6 is 0 Å². The summed E-state index contributed by atoms with van der Waals surface area (Å²) in [5, 5.41) is 2.55. The van der Waals surface area contributed by atoms with Gasteiger partial charge in [0.15, 0.2) is 0 Å². The van der Waals surface area contributed by atoms with Crippen LogP contribution in [0.3, 0.4) is 0 Å². The molecule has 0 radical (unpaired) electrons. The molecule has 2 heterocycles. The topological polar surface area (TPSA) is 30.9 Å². The van der Waals surface area contributed by atoms with Gasteiger partial charge in [-0.25, -0.2) is 0 Å². The van der Waals surface area contributed by atoms with Crippen LogP contribution in [-0.2, 0) is 0 Å². The van der Waals surface area contributed by atoms with E-state index in [2.05, 4.69) is 73.9 Å². The Bertz CT molecular complexity index is 1150. The highest BCUT2D eigenvalue weighted by Gasteiger charge is 2.28. The lowest BCUT2D eigenvalue weighted by molar-refractivity contribution is 0.819. The normalized spacial score (nSPS) is 15.9. The third kappa shape index (κ3) is 1.80. The van der Waals surface area contributed by atoms with Crippen LogP contribution in [0.5, 0.6) is 0 Å². The Morgan fingerprint density at radius 1 is 0.920 bits per heavy atom. The van der Waals surface area contributed by atoms with Crippen LogP contribution in [-0.4, -0.2) is 4.57 Å². The first kappa shape index (κ1) is 14.6. The van der Waals surface area contributed by atoms with Gasteiger partial charge in [-0.2, -0.15) is 0 Å². The van der Waals surface area contributed by atoms with Crippen molar-refractivity contribution in [3.05, 3.63) is 71.3 Å². The van der Waals surface area contributed by atoms with Gasteiger partial charge in [-0.1, -0.05) is 57.2 Å². The maximum atomic E-state index is 6.11. The fourth-order valence-corrected chi connectivity index (χ4v) is 4.52. The standard InChI is InChI=1S/C23H22N2/c1-13(2)16-6-4-7-17-14(3)18-8-5-9-19-20-12-15(24)10-11-21(20)25(22(16)17)23(18)19/h4-14H,24H2,1-3H3. The predicted octanol–water partition coefficient (Wildman–Crippen LogP) is 5.95. The lowest BCUT2D eigenvalue weighted by Crippen LogP contribution is -2.14. The molecule has 25 heavy (non-hydrogen) atoms. The van der Waals surface area contributed by atoms with Crippen molar-refractivity contribution in [1.82, 2.24) is 4.57 Å². The van der Waals surface area contributed by atoms with Crippen LogP contribution in [0.25, 0.3) is 27.5 Å². The molecular weight excluding hydrogens is 304 g/mol. The molecule has 1 aliphatic rings. The molecule has 0 amide bonds. The van der Waals surface area contributed by atoms with Gasteiger partial charge in [-0.05, 0) is 40.8 Å². The monoisotopic (exact) mass is 326 g/mol. The summed E-state index contributed by atoms with van der Waals surface area (Å²) in [5.41, 5.74) is 15.1. The molecule has 2 nitrogen and oxygen atoms in total. The van der Waals surface area contributed by atoms with Gasteiger partial charge in [-0.15, -0.1) is 0 Å². The summed E-state index contributed by atoms with van der Waals surface area (Å²) in [5.74, 6) is 0.875. The van der Waals surface area contributed by atoms with Crippen LogP contribution in [0.15, 0.2) is 54.6 Å². The smallest absolute Gasteiger partial charge is 0.0579 e. The predicted molar refractivity (Wildman–Crippen MR) is 107 cm³/mol. The first-order valence-corrected chi connectivity index (χ1v) is 9.03. The Hall–Kier alpha value is -2.74. The number of hydrogen-bond donors (Lipinski definition) is 1. The van der Waals surface area contributed by atoms with E-state index >= 15 is 0 Å². The highest BCUT2D eigenvalue weighted by Crippen LogP contribution is 2.46. The summed E-state index contributed by atoms with van der Waals surface area (Å²) in [4.78, 5) is 0. The van der Waals surface area contributed by atoms with Crippen molar-refractivity contribution in [2.45, 2.75) is 32.6 Å². The van der Waals surface area contributed by atoms with E-state index in [-0.39, 0.29) is 0 Å². The zero-order chi connectivity index (χ0) is 17.3. The fourth-order valence-electron chi connectivity index (χ4n) is 4.52. The molecule has 124 valence electrons. The van der Waals surface area contributed by atoms with Crippen LogP contribution in [0, 0.1) is 0 Å². The van der Waals surface area contributed by atoms with E-state index in [0.29, 0.717) is 11.8 Å². The van der Waals surface area contributed by atoms with Gasteiger partial charge in [0.2, 0.25) is 0 Å². The van der Waals surface area contributed by atoms with Gasteiger partial charge in [0.25, 0.3) is 0 Å². The maximum Gasteiger partial charge on any atom is 0.0579 e. The highest BCUT2D eigenvalue weighted by atomic mass is 15.0. The Kier molecular flexibility index (Phi) is 2.85. The molecule has 0 saturated carbocycles. The van der Waals surface area contributed by atoms with Gasteiger partial charge in [0.05, 0.1) is 16.7 Å². The third-order valence-electron chi connectivity index (χ3n) is 5.72. The quantitative estimate of drug-likeness (QED) is 0.430. The summed E-state index contributed by atoms with van der Waals surface area (Å²) in [7, 11) is 0.